The van der Waals surface area contributed by atoms with Gasteiger partial charge in [0.1, 0.15) is 0 Å². The maximum absolute atomic E-state index is 12.9. The lowest BCUT2D eigenvalue weighted by Crippen LogP contribution is -2.60. The first kappa shape index (κ1) is 16.1. The zero-order valence-corrected chi connectivity index (χ0v) is 12.8. The molecule has 1 saturated heterocycles. The molecule has 2 rings (SSSR count). The van der Waals surface area contributed by atoms with Gasteiger partial charge in [-0.05, 0) is 37.5 Å². The van der Waals surface area contributed by atoms with Gasteiger partial charge >= 0.3 is 6.18 Å². The molecule has 0 radical (unpaired) electrons. The molecule has 1 N–H and O–H groups in total. The summed E-state index contributed by atoms with van der Waals surface area (Å²) in [4.78, 5) is 2.09. The predicted octanol–water partition coefficient (Wildman–Crippen LogP) is 3.98. The minimum absolute atomic E-state index is 0.00106. The van der Waals surface area contributed by atoms with Crippen LogP contribution in [0.25, 0.3) is 0 Å². The van der Waals surface area contributed by atoms with Gasteiger partial charge in [-0.15, -0.1) is 0 Å². The monoisotopic (exact) mass is 300 g/mol. The maximum Gasteiger partial charge on any atom is 0.416 e. The van der Waals surface area contributed by atoms with Crippen LogP contribution in [0.5, 0.6) is 0 Å². The molecular formula is C16H23F3N2. The summed E-state index contributed by atoms with van der Waals surface area (Å²) in [6.45, 7) is 8.42. The first-order valence-corrected chi connectivity index (χ1v) is 7.49. The van der Waals surface area contributed by atoms with Crippen molar-refractivity contribution < 1.29 is 13.2 Å². The van der Waals surface area contributed by atoms with Gasteiger partial charge in [0, 0.05) is 30.9 Å². The van der Waals surface area contributed by atoms with Crippen LogP contribution in [0.1, 0.15) is 37.8 Å². The van der Waals surface area contributed by atoms with Crippen molar-refractivity contribution in [1.82, 2.24) is 5.32 Å². The molecule has 1 aromatic rings. The Morgan fingerprint density at radius 1 is 1.24 bits per heavy atom. The molecule has 0 atom stereocenters. The number of rotatable bonds is 3. The number of halogens is 3. The first-order chi connectivity index (χ1) is 9.81. The molecule has 5 heteroatoms. The molecule has 118 valence electrons. The van der Waals surface area contributed by atoms with Crippen LogP contribution in [-0.2, 0) is 6.18 Å². The predicted molar refractivity (Wildman–Crippen MR) is 79.7 cm³/mol. The zero-order chi connectivity index (χ0) is 15.7. The SMILES string of the molecule is CCC1(CC)CN(c2cc(C(F)(F)F)ccc2C)CCN1. The minimum Gasteiger partial charge on any atom is -0.368 e. The molecule has 0 bridgehead atoms. The third-order valence-corrected chi connectivity index (χ3v) is 4.61. The number of anilines is 1. The molecule has 0 spiro atoms. The van der Waals surface area contributed by atoms with Crippen LogP contribution in [0.3, 0.4) is 0 Å². The van der Waals surface area contributed by atoms with Crippen molar-refractivity contribution in [2.24, 2.45) is 0 Å². The van der Waals surface area contributed by atoms with Gasteiger partial charge < -0.3 is 10.2 Å². The van der Waals surface area contributed by atoms with Gasteiger partial charge in [0.2, 0.25) is 0 Å². The van der Waals surface area contributed by atoms with Crippen LogP contribution in [-0.4, -0.2) is 25.2 Å². The van der Waals surface area contributed by atoms with Gasteiger partial charge in [-0.3, -0.25) is 0 Å². The highest BCUT2D eigenvalue weighted by Crippen LogP contribution is 2.34. The van der Waals surface area contributed by atoms with Crippen molar-refractivity contribution in [3.05, 3.63) is 29.3 Å². The van der Waals surface area contributed by atoms with E-state index in [0.717, 1.165) is 44.1 Å². The van der Waals surface area contributed by atoms with E-state index in [2.05, 4.69) is 24.1 Å². The lowest BCUT2D eigenvalue weighted by Gasteiger charge is -2.44. The number of benzene rings is 1. The first-order valence-electron chi connectivity index (χ1n) is 7.49. The van der Waals surface area contributed by atoms with Gasteiger partial charge in [0.05, 0.1) is 5.56 Å². The summed E-state index contributed by atoms with van der Waals surface area (Å²) in [7, 11) is 0. The summed E-state index contributed by atoms with van der Waals surface area (Å²) in [6, 6.07) is 4.02. The van der Waals surface area contributed by atoms with Crippen LogP contribution in [0.4, 0.5) is 18.9 Å². The molecule has 0 aliphatic carbocycles. The topological polar surface area (TPSA) is 15.3 Å². The Labute approximate surface area is 124 Å². The maximum atomic E-state index is 12.9. The largest absolute Gasteiger partial charge is 0.416 e. The normalized spacial score (nSPS) is 18.9. The summed E-state index contributed by atoms with van der Waals surface area (Å²) >= 11 is 0. The van der Waals surface area contributed by atoms with Crippen molar-refractivity contribution in [1.29, 1.82) is 0 Å². The Kier molecular flexibility index (Phi) is 4.51. The number of piperazine rings is 1. The van der Waals surface area contributed by atoms with Crippen LogP contribution in [0, 0.1) is 6.92 Å². The molecule has 1 fully saturated rings. The van der Waals surface area contributed by atoms with E-state index < -0.39 is 11.7 Å². The quantitative estimate of drug-likeness (QED) is 0.908. The summed E-state index contributed by atoms with van der Waals surface area (Å²) in [5.41, 5.74) is 1.03. The third-order valence-electron chi connectivity index (χ3n) is 4.61. The Morgan fingerprint density at radius 3 is 2.48 bits per heavy atom. The lowest BCUT2D eigenvalue weighted by atomic mass is 9.89. The van der Waals surface area contributed by atoms with Crippen LogP contribution >= 0.6 is 0 Å². The fourth-order valence-electron chi connectivity index (χ4n) is 3.01. The van der Waals surface area contributed by atoms with E-state index in [4.69, 9.17) is 0 Å². The van der Waals surface area contributed by atoms with Crippen LogP contribution < -0.4 is 10.2 Å². The Bertz CT molecular complexity index is 493. The number of nitrogens with one attached hydrogen (secondary N) is 1. The van der Waals surface area contributed by atoms with Crippen LogP contribution in [0.2, 0.25) is 0 Å². The lowest BCUT2D eigenvalue weighted by molar-refractivity contribution is -0.137. The molecule has 1 aromatic carbocycles. The zero-order valence-electron chi connectivity index (χ0n) is 12.8. The average Bonchev–Trinajstić information content (AvgIpc) is 2.46. The van der Waals surface area contributed by atoms with E-state index in [1.165, 1.54) is 6.07 Å². The molecular weight excluding hydrogens is 277 g/mol. The second-order valence-electron chi connectivity index (χ2n) is 5.83. The molecule has 0 unspecified atom stereocenters. The van der Waals surface area contributed by atoms with Crippen LogP contribution in [0.15, 0.2) is 18.2 Å². The molecule has 1 aliphatic rings. The molecule has 0 saturated carbocycles. The summed E-state index contributed by atoms with van der Waals surface area (Å²) in [6.07, 6.45) is -2.35. The van der Waals surface area contributed by atoms with E-state index in [9.17, 15) is 13.2 Å². The van der Waals surface area contributed by atoms with Crippen molar-refractivity contribution in [2.75, 3.05) is 24.5 Å². The number of hydrogen-bond acceptors (Lipinski definition) is 2. The summed E-state index contributed by atoms with van der Waals surface area (Å²) in [5, 5.41) is 3.53. The third kappa shape index (κ3) is 3.34. The number of hydrogen-bond donors (Lipinski definition) is 1. The van der Waals surface area contributed by atoms with Gasteiger partial charge in [-0.2, -0.15) is 13.2 Å². The number of alkyl halides is 3. The van der Waals surface area contributed by atoms with E-state index in [0.29, 0.717) is 5.69 Å². The molecule has 2 nitrogen and oxygen atoms in total. The fraction of sp³-hybridized carbons (Fsp3) is 0.625. The van der Waals surface area contributed by atoms with E-state index >= 15 is 0 Å². The number of aryl methyl sites for hydroxylation is 1. The Morgan fingerprint density at radius 2 is 1.90 bits per heavy atom. The second kappa shape index (κ2) is 5.87. The fourth-order valence-corrected chi connectivity index (χ4v) is 3.01. The molecule has 1 aliphatic heterocycles. The molecule has 0 aromatic heterocycles. The molecule has 21 heavy (non-hydrogen) atoms. The van der Waals surface area contributed by atoms with Gasteiger partial charge in [0.25, 0.3) is 0 Å². The molecule has 0 amide bonds. The number of nitrogens with zero attached hydrogens (tertiary/aromatic N) is 1. The van der Waals surface area contributed by atoms with E-state index in [1.807, 2.05) is 6.92 Å². The van der Waals surface area contributed by atoms with Gasteiger partial charge in [-0.1, -0.05) is 19.9 Å². The van der Waals surface area contributed by atoms with Crippen molar-refractivity contribution in [2.45, 2.75) is 45.3 Å². The minimum atomic E-state index is -4.29. The Hall–Kier alpha value is -1.23. The summed E-state index contributed by atoms with van der Waals surface area (Å²) < 4.78 is 38.8. The van der Waals surface area contributed by atoms with Crippen molar-refractivity contribution in [3.8, 4) is 0 Å². The highest BCUT2D eigenvalue weighted by molar-refractivity contribution is 5.56. The molecule has 1 heterocycles. The highest BCUT2D eigenvalue weighted by atomic mass is 19.4. The van der Waals surface area contributed by atoms with Crippen molar-refractivity contribution in [3.63, 3.8) is 0 Å². The van der Waals surface area contributed by atoms with E-state index in [-0.39, 0.29) is 5.54 Å². The smallest absolute Gasteiger partial charge is 0.368 e. The van der Waals surface area contributed by atoms with Crippen molar-refractivity contribution >= 4 is 5.69 Å². The Balaban J connectivity index is 2.33. The van der Waals surface area contributed by atoms with E-state index in [1.54, 1.807) is 6.07 Å². The highest BCUT2D eigenvalue weighted by Gasteiger charge is 2.34. The second-order valence-corrected chi connectivity index (χ2v) is 5.83. The van der Waals surface area contributed by atoms with Gasteiger partial charge in [-0.25, -0.2) is 0 Å². The average molecular weight is 300 g/mol. The summed E-state index contributed by atoms with van der Waals surface area (Å²) in [5.74, 6) is 0. The van der Waals surface area contributed by atoms with Gasteiger partial charge in [0.15, 0.2) is 0 Å². The standard InChI is InChI=1S/C16H23F3N2/c1-4-15(5-2)11-21(9-8-20-15)14-10-13(16(17,18)19)7-6-12(14)3/h6-7,10,20H,4-5,8-9,11H2,1-3H3.